The van der Waals surface area contributed by atoms with Crippen molar-refractivity contribution in [1.29, 1.82) is 0 Å². The van der Waals surface area contributed by atoms with Crippen LogP contribution in [0.5, 0.6) is 11.5 Å². The quantitative estimate of drug-likeness (QED) is 0.679. The maximum absolute atomic E-state index is 10.6. The van der Waals surface area contributed by atoms with Gasteiger partial charge in [-0.05, 0) is 0 Å². The van der Waals surface area contributed by atoms with Gasteiger partial charge in [0.1, 0.15) is 13.2 Å². The van der Waals surface area contributed by atoms with E-state index in [2.05, 4.69) is 0 Å². The number of ether oxygens (including phenoxy) is 2. The molecule has 6 heteroatoms. The number of hydrogen-bond acceptors (Lipinski definition) is 5. The average molecular weight is 206 g/mol. The predicted molar refractivity (Wildman–Crippen MR) is 43.9 cm³/mol. The van der Waals surface area contributed by atoms with E-state index in [9.17, 15) is 8.42 Å². The van der Waals surface area contributed by atoms with Crippen molar-refractivity contribution in [3.8, 4) is 11.5 Å². The highest BCUT2D eigenvalue weighted by molar-refractivity contribution is 7.75. The van der Waals surface area contributed by atoms with Gasteiger partial charge in [0.2, 0.25) is 0 Å². The van der Waals surface area contributed by atoms with Crippen LogP contribution in [-0.2, 0) is 10.7 Å². The first kappa shape index (κ1) is 7.88. The SMILES string of the molecule is O=[SH](=O)c1scc2c1OCCO2. The second kappa shape index (κ2) is 2.95. The highest BCUT2D eigenvalue weighted by Gasteiger charge is 2.19. The van der Waals surface area contributed by atoms with E-state index < -0.39 is 10.7 Å². The zero-order chi connectivity index (χ0) is 8.55. The van der Waals surface area contributed by atoms with E-state index in [0.717, 1.165) is 11.3 Å². The zero-order valence-electron chi connectivity index (χ0n) is 5.98. The van der Waals surface area contributed by atoms with Gasteiger partial charge < -0.3 is 9.47 Å². The molecule has 0 atom stereocenters. The highest BCUT2D eigenvalue weighted by Crippen LogP contribution is 2.39. The van der Waals surface area contributed by atoms with Crippen molar-refractivity contribution in [1.82, 2.24) is 0 Å². The summed E-state index contributed by atoms with van der Waals surface area (Å²) in [6.45, 7) is 0.902. The van der Waals surface area contributed by atoms with Crippen LogP contribution in [0.25, 0.3) is 0 Å². The topological polar surface area (TPSA) is 52.6 Å². The van der Waals surface area contributed by atoms with E-state index in [1.807, 2.05) is 0 Å². The number of rotatable bonds is 1. The Balaban J connectivity index is 2.51. The van der Waals surface area contributed by atoms with Crippen molar-refractivity contribution >= 4 is 22.0 Å². The van der Waals surface area contributed by atoms with Gasteiger partial charge in [0, 0.05) is 5.38 Å². The fourth-order valence-corrected chi connectivity index (χ4v) is 2.48. The minimum Gasteiger partial charge on any atom is -0.485 e. The first-order valence-corrected chi connectivity index (χ1v) is 5.36. The lowest BCUT2D eigenvalue weighted by Crippen LogP contribution is -2.14. The van der Waals surface area contributed by atoms with E-state index >= 15 is 0 Å². The van der Waals surface area contributed by atoms with E-state index in [0.29, 0.717) is 24.7 Å². The Morgan fingerprint density at radius 2 is 2.08 bits per heavy atom. The third-order valence-corrected chi connectivity index (χ3v) is 3.49. The molecule has 1 aliphatic heterocycles. The number of fused-ring (bicyclic) bond motifs is 1. The van der Waals surface area contributed by atoms with Gasteiger partial charge in [-0.2, -0.15) is 0 Å². The lowest BCUT2D eigenvalue weighted by Gasteiger charge is -2.14. The molecule has 0 unspecified atom stereocenters. The average Bonchev–Trinajstić information content (AvgIpc) is 2.47. The van der Waals surface area contributed by atoms with Crippen LogP contribution in [-0.4, -0.2) is 21.6 Å². The van der Waals surface area contributed by atoms with Crippen LogP contribution < -0.4 is 9.47 Å². The molecule has 4 nitrogen and oxygen atoms in total. The Bertz CT molecular complexity index is 358. The monoisotopic (exact) mass is 206 g/mol. The van der Waals surface area contributed by atoms with Crippen LogP contribution in [0.1, 0.15) is 0 Å². The molecule has 0 aromatic carbocycles. The lowest BCUT2D eigenvalue weighted by atomic mass is 10.5. The maximum Gasteiger partial charge on any atom is 0.190 e. The van der Waals surface area contributed by atoms with Gasteiger partial charge in [0.15, 0.2) is 26.4 Å². The fourth-order valence-electron chi connectivity index (χ4n) is 0.975. The molecule has 1 aromatic rings. The van der Waals surface area contributed by atoms with Crippen molar-refractivity contribution in [3.05, 3.63) is 5.38 Å². The minimum absolute atomic E-state index is 0.250. The van der Waals surface area contributed by atoms with E-state index in [4.69, 9.17) is 9.47 Å². The lowest BCUT2D eigenvalue weighted by molar-refractivity contribution is 0.170. The van der Waals surface area contributed by atoms with Gasteiger partial charge in [0.05, 0.1) is 0 Å². The molecule has 2 heterocycles. The van der Waals surface area contributed by atoms with Crippen LogP contribution >= 0.6 is 11.3 Å². The van der Waals surface area contributed by atoms with Crippen LogP contribution in [0.2, 0.25) is 0 Å². The van der Waals surface area contributed by atoms with E-state index in [-0.39, 0.29) is 4.21 Å². The largest absolute Gasteiger partial charge is 0.485 e. The van der Waals surface area contributed by atoms with Gasteiger partial charge in [-0.15, -0.1) is 11.3 Å². The molecule has 0 saturated carbocycles. The van der Waals surface area contributed by atoms with E-state index in [1.54, 1.807) is 5.38 Å². The Kier molecular flexibility index (Phi) is 1.93. The van der Waals surface area contributed by atoms with Crippen LogP contribution in [0.15, 0.2) is 9.59 Å². The molecule has 1 aromatic heterocycles. The third kappa shape index (κ3) is 1.16. The molecule has 0 radical (unpaired) electrons. The maximum atomic E-state index is 10.6. The second-order valence-electron chi connectivity index (χ2n) is 2.19. The molecule has 0 spiro atoms. The fraction of sp³-hybridized carbons (Fsp3) is 0.333. The van der Waals surface area contributed by atoms with Crippen molar-refractivity contribution in [3.63, 3.8) is 0 Å². The van der Waals surface area contributed by atoms with Gasteiger partial charge in [-0.25, -0.2) is 8.42 Å². The second-order valence-corrected chi connectivity index (χ2v) is 4.33. The van der Waals surface area contributed by atoms with Gasteiger partial charge >= 0.3 is 0 Å². The summed E-state index contributed by atoms with van der Waals surface area (Å²) in [4.78, 5) is 0. The summed E-state index contributed by atoms with van der Waals surface area (Å²) < 4.78 is 31.9. The van der Waals surface area contributed by atoms with Gasteiger partial charge in [0.25, 0.3) is 0 Å². The summed E-state index contributed by atoms with van der Waals surface area (Å²) in [6.07, 6.45) is 0. The van der Waals surface area contributed by atoms with Crippen LogP contribution in [0.4, 0.5) is 0 Å². The van der Waals surface area contributed by atoms with Crippen molar-refractivity contribution in [2.45, 2.75) is 4.21 Å². The number of thiophene rings is 1. The number of thiol groups is 1. The molecular weight excluding hydrogens is 200 g/mol. The Hall–Kier alpha value is -0.750. The number of hydrogen-bond donors (Lipinski definition) is 1. The third-order valence-electron chi connectivity index (χ3n) is 1.45. The summed E-state index contributed by atoms with van der Waals surface area (Å²) in [5.74, 6) is 0.919. The summed E-state index contributed by atoms with van der Waals surface area (Å²) in [6, 6.07) is 0. The molecule has 1 aliphatic rings. The highest BCUT2D eigenvalue weighted by atomic mass is 32.2. The molecular formula is C6H6O4S2. The summed E-state index contributed by atoms with van der Waals surface area (Å²) in [5, 5.41) is 1.65. The predicted octanol–water partition coefficient (Wildman–Crippen LogP) is 0.490. The normalized spacial score (nSPS) is 15.1. The molecule has 0 aliphatic carbocycles. The Morgan fingerprint density at radius 3 is 2.83 bits per heavy atom. The Labute approximate surface area is 74.7 Å². The standard InChI is InChI=1S/C6H6O4S2/c7-12(8)6-5-4(3-11-6)9-1-2-10-5/h3,12H,1-2H2. The molecule has 2 rings (SSSR count). The smallest absolute Gasteiger partial charge is 0.190 e. The first-order chi connectivity index (χ1) is 5.79. The molecule has 0 saturated heterocycles. The van der Waals surface area contributed by atoms with Crippen LogP contribution in [0, 0.1) is 0 Å². The molecule has 0 bridgehead atoms. The van der Waals surface area contributed by atoms with Crippen molar-refractivity contribution in [2.24, 2.45) is 0 Å². The van der Waals surface area contributed by atoms with Crippen molar-refractivity contribution < 1.29 is 17.9 Å². The van der Waals surface area contributed by atoms with Crippen LogP contribution in [0.3, 0.4) is 0 Å². The van der Waals surface area contributed by atoms with Gasteiger partial charge in [-0.3, -0.25) is 0 Å². The molecule has 0 N–H and O–H groups in total. The summed E-state index contributed by atoms with van der Waals surface area (Å²) in [7, 11) is -2.56. The molecule has 0 fully saturated rings. The van der Waals surface area contributed by atoms with Crippen molar-refractivity contribution in [2.75, 3.05) is 13.2 Å². The summed E-state index contributed by atoms with van der Waals surface area (Å²) in [5.41, 5.74) is 0. The zero-order valence-corrected chi connectivity index (χ0v) is 7.69. The Morgan fingerprint density at radius 1 is 1.33 bits per heavy atom. The summed E-state index contributed by atoms with van der Waals surface area (Å²) >= 11 is 1.13. The first-order valence-electron chi connectivity index (χ1n) is 3.30. The minimum atomic E-state index is -2.56. The van der Waals surface area contributed by atoms with E-state index in [1.165, 1.54) is 0 Å². The van der Waals surface area contributed by atoms with Gasteiger partial charge in [-0.1, -0.05) is 0 Å². The molecule has 66 valence electrons. The molecule has 0 amide bonds. The molecule has 12 heavy (non-hydrogen) atoms.